The van der Waals surface area contributed by atoms with Crippen molar-refractivity contribution in [3.63, 3.8) is 0 Å². The summed E-state index contributed by atoms with van der Waals surface area (Å²) in [4.78, 5) is 13.1. The maximum atomic E-state index is 12.7. The second-order valence-electron chi connectivity index (χ2n) is 2.60. The number of isocyanates is 1. The average Bonchev–Trinajstić information content (AvgIpc) is 2.09. The molecule has 68 valence electrons. The molecule has 0 aliphatic rings. The molecule has 0 aliphatic carbocycles. The van der Waals surface area contributed by atoms with Crippen LogP contribution in [0.2, 0.25) is 0 Å². The quantitative estimate of drug-likeness (QED) is 0.510. The van der Waals surface area contributed by atoms with Gasteiger partial charge in [0.2, 0.25) is 6.08 Å². The summed E-state index contributed by atoms with van der Waals surface area (Å²) in [6.07, 6.45) is 1.34. The van der Waals surface area contributed by atoms with Gasteiger partial charge in [0.25, 0.3) is 0 Å². The standard InChI is InChI=1S/C9H7F2NO/c1-6-2-8(10)9(11)3-7(6)4-12-5-13/h2-3H,4H2,1H3. The van der Waals surface area contributed by atoms with Crippen molar-refractivity contribution < 1.29 is 13.6 Å². The van der Waals surface area contributed by atoms with E-state index in [2.05, 4.69) is 4.99 Å². The fourth-order valence-electron chi connectivity index (χ4n) is 0.975. The van der Waals surface area contributed by atoms with E-state index in [-0.39, 0.29) is 6.54 Å². The van der Waals surface area contributed by atoms with Gasteiger partial charge in [0, 0.05) is 0 Å². The summed E-state index contributed by atoms with van der Waals surface area (Å²) in [5, 5.41) is 0. The van der Waals surface area contributed by atoms with Crippen molar-refractivity contribution in [2.75, 3.05) is 0 Å². The van der Waals surface area contributed by atoms with Crippen LogP contribution in [0.25, 0.3) is 0 Å². The van der Waals surface area contributed by atoms with Gasteiger partial charge >= 0.3 is 0 Å². The fraction of sp³-hybridized carbons (Fsp3) is 0.222. The summed E-state index contributed by atoms with van der Waals surface area (Å²) in [5.74, 6) is -1.82. The summed E-state index contributed by atoms with van der Waals surface area (Å²) < 4.78 is 25.3. The lowest BCUT2D eigenvalue weighted by molar-refractivity contribution is 0.506. The van der Waals surface area contributed by atoms with Crippen LogP contribution < -0.4 is 0 Å². The maximum absolute atomic E-state index is 12.7. The lowest BCUT2D eigenvalue weighted by Gasteiger charge is -2.02. The molecule has 0 radical (unpaired) electrons. The maximum Gasteiger partial charge on any atom is 0.235 e. The summed E-state index contributed by atoms with van der Waals surface area (Å²) >= 11 is 0. The third-order valence-corrected chi connectivity index (χ3v) is 1.69. The van der Waals surface area contributed by atoms with Crippen LogP contribution in [0.15, 0.2) is 17.1 Å². The fourth-order valence-corrected chi connectivity index (χ4v) is 0.975. The number of benzene rings is 1. The molecule has 2 nitrogen and oxygen atoms in total. The topological polar surface area (TPSA) is 29.4 Å². The highest BCUT2D eigenvalue weighted by Gasteiger charge is 2.05. The highest BCUT2D eigenvalue weighted by molar-refractivity contribution is 5.35. The first-order chi connectivity index (χ1) is 6.15. The average molecular weight is 183 g/mol. The molecule has 0 bridgehead atoms. The van der Waals surface area contributed by atoms with Crippen LogP contribution in [0.5, 0.6) is 0 Å². The summed E-state index contributed by atoms with van der Waals surface area (Å²) in [5.41, 5.74) is 1.06. The zero-order valence-corrected chi connectivity index (χ0v) is 6.97. The van der Waals surface area contributed by atoms with Gasteiger partial charge in [0.15, 0.2) is 11.6 Å². The van der Waals surface area contributed by atoms with Crippen LogP contribution in [0.3, 0.4) is 0 Å². The molecule has 4 heteroatoms. The Bertz CT molecular complexity index is 370. The summed E-state index contributed by atoms with van der Waals surface area (Å²) in [6, 6.07) is 2.11. The molecule has 0 spiro atoms. The number of aryl methyl sites for hydroxylation is 1. The van der Waals surface area contributed by atoms with Crippen LogP contribution in [0.4, 0.5) is 8.78 Å². The summed E-state index contributed by atoms with van der Waals surface area (Å²) in [6.45, 7) is 1.66. The SMILES string of the molecule is Cc1cc(F)c(F)cc1CN=C=O. The van der Waals surface area contributed by atoms with Gasteiger partial charge < -0.3 is 0 Å². The number of halogens is 2. The van der Waals surface area contributed by atoms with Gasteiger partial charge in [-0.05, 0) is 30.2 Å². The Hall–Kier alpha value is -1.54. The van der Waals surface area contributed by atoms with Gasteiger partial charge in [-0.2, -0.15) is 0 Å². The monoisotopic (exact) mass is 183 g/mol. The molecule has 1 aromatic carbocycles. The van der Waals surface area contributed by atoms with E-state index in [1.165, 1.54) is 6.08 Å². The molecule has 0 amide bonds. The minimum atomic E-state index is -0.929. The molecule has 0 aliphatic heterocycles. The van der Waals surface area contributed by atoms with Gasteiger partial charge in [-0.15, -0.1) is 0 Å². The molecule has 0 atom stereocenters. The van der Waals surface area contributed by atoms with Gasteiger partial charge in [0.1, 0.15) is 0 Å². The van der Waals surface area contributed by atoms with E-state index < -0.39 is 11.6 Å². The van der Waals surface area contributed by atoms with Crippen LogP contribution in [-0.4, -0.2) is 6.08 Å². The van der Waals surface area contributed by atoms with Gasteiger partial charge in [-0.25, -0.2) is 18.6 Å². The van der Waals surface area contributed by atoms with Crippen LogP contribution in [0, 0.1) is 18.6 Å². The Balaban J connectivity index is 3.07. The molecule has 0 unspecified atom stereocenters. The Morgan fingerprint density at radius 1 is 1.38 bits per heavy atom. The third-order valence-electron chi connectivity index (χ3n) is 1.69. The smallest absolute Gasteiger partial charge is 0.211 e. The van der Waals surface area contributed by atoms with Crippen molar-refractivity contribution in [2.45, 2.75) is 13.5 Å². The van der Waals surface area contributed by atoms with E-state index in [0.29, 0.717) is 11.1 Å². The lowest BCUT2D eigenvalue weighted by Crippen LogP contribution is -1.92. The number of hydrogen-bond acceptors (Lipinski definition) is 2. The highest BCUT2D eigenvalue weighted by atomic mass is 19.2. The molecule has 0 saturated heterocycles. The predicted molar refractivity (Wildman–Crippen MR) is 42.9 cm³/mol. The predicted octanol–water partition coefficient (Wildman–Crippen LogP) is 2.11. The lowest BCUT2D eigenvalue weighted by atomic mass is 10.1. The molecule has 1 aromatic rings. The van der Waals surface area contributed by atoms with E-state index in [0.717, 1.165) is 12.1 Å². The van der Waals surface area contributed by atoms with Crippen molar-refractivity contribution in [3.05, 3.63) is 34.9 Å². The Morgan fingerprint density at radius 3 is 2.62 bits per heavy atom. The Kier molecular flexibility index (Phi) is 2.88. The van der Waals surface area contributed by atoms with E-state index in [9.17, 15) is 13.6 Å². The molecule has 1 rings (SSSR count). The zero-order chi connectivity index (χ0) is 9.84. The van der Waals surface area contributed by atoms with Crippen LogP contribution >= 0.6 is 0 Å². The molecular weight excluding hydrogens is 176 g/mol. The first-order valence-electron chi connectivity index (χ1n) is 3.63. The van der Waals surface area contributed by atoms with Crippen LogP contribution in [-0.2, 0) is 11.3 Å². The first-order valence-corrected chi connectivity index (χ1v) is 3.63. The van der Waals surface area contributed by atoms with E-state index >= 15 is 0 Å². The van der Waals surface area contributed by atoms with E-state index in [1.807, 2.05) is 0 Å². The van der Waals surface area contributed by atoms with Crippen molar-refractivity contribution >= 4 is 6.08 Å². The van der Waals surface area contributed by atoms with Crippen molar-refractivity contribution in [2.24, 2.45) is 4.99 Å². The molecule has 13 heavy (non-hydrogen) atoms. The number of nitrogens with zero attached hydrogens (tertiary/aromatic N) is 1. The molecule has 0 heterocycles. The number of rotatable bonds is 2. The van der Waals surface area contributed by atoms with Crippen molar-refractivity contribution in [1.82, 2.24) is 0 Å². The normalized spacial score (nSPS) is 9.46. The minimum Gasteiger partial charge on any atom is -0.211 e. The Morgan fingerprint density at radius 2 is 2.00 bits per heavy atom. The zero-order valence-electron chi connectivity index (χ0n) is 6.97. The van der Waals surface area contributed by atoms with Crippen molar-refractivity contribution in [3.8, 4) is 0 Å². The second kappa shape index (κ2) is 3.92. The number of hydrogen-bond donors (Lipinski definition) is 0. The van der Waals surface area contributed by atoms with Gasteiger partial charge in [-0.3, -0.25) is 0 Å². The molecule has 0 saturated carbocycles. The summed E-state index contributed by atoms with van der Waals surface area (Å²) in [7, 11) is 0. The van der Waals surface area contributed by atoms with E-state index in [1.54, 1.807) is 6.92 Å². The molecule has 0 aromatic heterocycles. The van der Waals surface area contributed by atoms with Gasteiger partial charge in [0.05, 0.1) is 6.54 Å². The van der Waals surface area contributed by atoms with Crippen molar-refractivity contribution in [1.29, 1.82) is 0 Å². The highest BCUT2D eigenvalue weighted by Crippen LogP contribution is 2.14. The Labute approximate surface area is 73.9 Å². The van der Waals surface area contributed by atoms with Gasteiger partial charge in [-0.1, -0.05) is 0 Å². The third kappa shape index (κ3) is 2.20. The molecule has 0 fully saturated rings. The molecule has 0 N–H and O–H groups in total. The largest absolute Gasteiger partial charge is 0.235 e. The molecular formula is C9H7F2NO. The second-order valence-corrected chi connectivity index (χ2v) is 2.60. The number of carbonyl (C=O) groups excluding carboxylic acids is 1. The van der Waals surface area contributed by atoms with Crippen LogP contribution in [0.1, 0.15) is 11.1 Å². The number of aliphatic imine (C=N–C) groups is 1. The van der Waals surface area contributed by atoms with E-state index in [4.69, 9.17) is 0 Å². The first kappa shape index (κ1) is 9.55. The minimum absolute atomic E-state index is 0.0343.